The number of nitrogens with one attached hydrogen (secondary N) is 1. The number of H-pyrrole nitrogens is 1. The third kappa shape index (κ3) is 2.54. The summed E-state index contributed by atoms with van der Waals surface area (Å²) in [5, 5.41) is 0. The quantitative estimate of drug-likeness (QED) is 0.664. The largest absolute Gasteiger partial charge is 0.330 e. The molecule has 0 aliphatic carbocycles. The first kappa shape index (κ1) is 14.4. The Bertz CT molecular complexity index is 1100. The van der Waals surface area contributed by atoms with Gasteiger partial charge in [-0.3, -0.25) is 9.78 Å². The molecule has 2 heterocycles. The minimum atomic E-state index is -0.582. The van der Waals surface area contributed by atoms with E-state index in [0.717, 1.165) is 10.1 Å². The number of nitrogens with zero attached hydrogens (tertiary/aromatic N) is 3. The van der Waals surface area contributed by atoms with E-state index in [1.54, 1.807) is 11.6 Å². The highest BCUT2D eigenvalue weighted by Gasteiger charge is 2.14. The molecular formula is C17H12N4O2. The molecule has 6 heteroatoms. The van der Waals surface area contributed by atoms with Gasteiger partial charge in [0.1, 0.15) is 0 Å². The van der Waals surface area contributed by atoms with Crippen LogP contribution < -0.4 is 11.2 Å². The number of aromatic nitrogens is 4. The SMILES string of the molecule is C#CCn1c(=O)[nH]c2nc(C#Cc3ccccc3)n(C)c2c1=O. The van der Waals surface area contributed by atoms with Crippen LogP contribution in [0.5, 0.6) is 0 Å². The Labute approximate surface area is 131 Å². The highest BCUT2D eigenvalue weighted by atomic mass is 16.2. The lowest BCUT2D eigenvalue weighted by Gasteiger charge is -2.00. The van der Waals surface area contributed by atoms with Crippen LogP contribution in [0.15, 0.2) is 39.9 Å². The molecule has 6 nitrogen and oxygen atoms in total. The summed E-state index contributed by atoms with van der Waals surface area (Å²) in [6.45, 7) is -0.0969. The molecule has 0 aliphatic heterocycles. The van der Waals surface area contributed by atoms with E-state index in [-0.39, 0.29) is 17.7 Å². The number of hydrogen-bond donors (Lipinski definition) is 1. The molecule has 0 fully saturated rings. The van der Waals surface area contributed by atoms with Crippen LogP contribution in [-0.4, -0.2) is 19.1 Å². The molecule has 1 aromatic carbocycles. The van der Waals surface area contributed by atoms with Crippen molar-refractivity contribution in [2.75, 3.05) is 0 Å². The van der Waals surface area contributed by atoms with Crippen molar-refractivity contribution in [3.8, 4) is 24.2 Å². The van der Waals surface area contributed by atoms with Crippen molar-refractivity contribution in [1.29, 1.82) is 0 Å². The first-order chi connectivity index (χ1) is 11.1. The van der Waals surface area contributed by atoms with Crippen LogP contribution in [0.25, 0.3) is 11.2 Å². The Morgan fingerprint density at radius 1 is 1.22 bits per heavy atom. The Kier molecular flexibility index (Phi) is 3.58. The van der Waals surface area contributed by atoms with Gasteiger partial charge in [0.05, 0.1) is 6.54 Å². The smallest absolute Gasteiger partial charge is 0.315 e. The molecule has 0 radical (unpaired) electrons. The van der Waals surface area contributed by atoms with E-state index in [0.29, 0.717) is 5.82 Å². The summed E-state index contributed by atoms with van der Waals surface area (Å²) < 4.78 is 2.51. The van der Waals surface area contributed by atoms with Gasteiger partial charge in [-0.15, -0.1) is 6.42 Å². The lowest BCUT2D eigenvalue weighted by atomic mass is 10.2. The van der Waals surface area contributed by atoms with Gasteiger partial charge in [-0.25, -0.2) is 14.3 Å². The van der Waals surface area contributed by atoms with Gasteiger partial charge >= 0.3 is 5.69 Å². The zero-order valence-corrected chi connectivity index (χ0v) is 12.3. The molecule has 3 aromatic rings. The maximum Gasteiger partial charge on any atom is 0.330 e. The van der Waals surface area contributed by atoms with E-state index in [9.17, 15) is 9.59 Å². The van der Waals surface area contributed by atoms with Gasteiger partial charge in [0.15, 0.2) is 17.0 Å². The van der Waals surface area contributed by atoms with Crippen LogP contribution in [0.1, 0.15) is 11.4 Å². The number of benzene rings is 1. The van der Waals surface area contributed by atoms with E-state index < -0.39 is 11.2 Å². The average molecular weight is 304 g/mol. The Balaban J connectivity index is 2.19. The van der Waals surface area contributed by atoms with Crippen LogP contribution in [0.3, 0.4) is 0 Å². The molecule has 0 saturated heterocycles. The molecule has 3 rings (SSSR count). The average Bonchev–Trinajstić information content (AvgIpc) is 2.86. The summed E-state index contributed by atoms with van der Waals surface area (Å²) in [6, 6.07) is 9.41. The van der Waals surface area contributed by atoms with Gasteiger partial charge < -0.3 is 4.57 Å². The fourth-order valence-corrected chi connectivity index (χ4v) is 2.22. The van der Waals surface area contributed by atoms with Crippen molar-refractivity contribution in [2.45, 2.75) is 6.54 Å². The summed E-state index contributed by atoms with van der Waals surface area (Å²) in [5.74, 6) is 8.55. The topological polar surface area (TPSA) is 72.7 Å². The van der Waals surface area contributed by atoms with Crippen molar-refractivity contribution in [1.82, 2.24) is 19.1 Å². The zero-order chi connectivity index (χ0) is 16.4. The molecule has 0 atom stereocenters. The minimum Gasteiger partial charge on any atom is -0.315 e. The molecule has 0 saturated carbocycles. The highest BCUT2D eigenvalue weighted by molar-refractivity contribution is 5.71. The second-order valence-corrected chi connectivity index (χ2v) is 4.83. The molecule has 0 amide bonds. The van der Waals surface area contributed by atoms with Crippen LogP contribution >= 0.6 is 0 Å². The Morgan fingerprint density at radius 3 is 2.65 bits per heavy atom. The molecule has 112 valence electrons. The van der Waals surface area contributed by atoms with E-state index in [1.165, 1.54) is 0 Å². The van der Waals surface area contributed by atoms with Crippen molar-refractivity contribution >= 4 is 11.2 Å². The summed E-state index contributed by atoms with van der Waals surface area (Å²) in [5.41, 5.74) is 0.230. The van der Waals surface area contributed by atoms with Gasteiger partial charge in [-0.05, 0) is 18.1 Å². The van der Waals surface area contributed by atoms with Gasteiger partial charge in [0.25, 0.3) is 5.56 Å². The maximum atomic E-state index is 12.4. The molecule has 1 N–H and O–H groups in total. The van der Waals surface area contributed by atoms with Gasteiger partial charge in [-0.2, -0.15) is 0 Å². The molecule has 23 heavy (non-hydrogen) atoms. The first-order valence-electron chi connectivity index (χ1n) is 6.82. The van der Waals surface area contributed by atoms with Crippen LogP contribution in [0.4, 0.5) is 0 Å². The molecule has 0 bridgehead atoms. The van der Waals surface area contributed by atoms with Crippen molar-refractivity contribution < 1.29 is 0 Å². The lowest BCUT2D eigenvalue weighted by molar-refractivity contribution is 0.734. The molecular weight excluding hydrogens is 292 g/mol. The number of fused-ring (bicyclic) bond motifs is 1. The number of hydrogen-bond acceptors (Lipinski definition) is 3. The molecule has 0 unspecified atom stereocenters. The fourth-order valence-electron chi connectivity index (χ4n) is 2.22. The van der Waals surface area contributed by atoms with Gasteiger partial charge in [-0.1, -0.05) is 30.0 Å². The second kappa shape index (κ2) is 5.70. The van der Waals surface area contributed by atoms with Crippen molar-refractivity contribution in [3.63, 3.8) is 0 Å². The highest BCUT2D eigenvalue weighted by Crippen LogP contribution is 2.06. The number of terminal acetylenes is 1. The molecule has 2 aromatic heterocycles. The molecule has 0 spiro atoms. The number of rotatable bonds is 1. The van der Waals surface area contributed by atoms with Gasteiger partial charge in [0, 0.05) is 12.6 Å². The third-order valence-electron chi connectivity index (χ3n) is 3.36. The summed E-state index contributed by atoms with van der Waals surface area (Å²) >= 11 is 0. The first-order valence-corrected chi connectivity index (χ1v) is 6.82. The second-order valence-electron chi connectivity index (χ2n) is 4.83. The van der Waals surface area contributed by atoms with E-state index in [2.05, 4.69) is 27.7 Å². The summed E-state index contributed by atoms with van der Waals surface area (Å²) in [7, 11) is 1.67. The van der Waals surface area contributed by atoms with Crippen LogP contribution in [0, 0.1) is 24.2 Å². The number of imidazole rings is 1. The normalized spacial score (nSPS) is 10.1. The third-order valence-corrected chi connectivity index (χ3v) is 3.36. The summed E-state index contributed by atoms with van der Waals surface area (Å²) in [6.07, 6.45) is 5.19. The van der Waals surface area contributed by atoms with E-state index >= 15 is 0 Å². The fraction of sp³-hybridized carbons (Fsp3) is 0.118. The van der Waals surface area contributed by atoms with E-state index in [1.807, 2.05) is 30.3 Å². The monoisotopic (exact) mass is 304 g/mol. The maximum absolute atomic E-state index is 12.4. The number of aromatic amines is 1. The summed E-state index contributed by atoms with van der Waals surface area (Å²) in [4.78, 5) is 31.0. The zero-order valence-electron chi connectivity index (χ0n) is 12.3. The van der Waals surface area contributed by atoms with Crippen LogP contribution in [0.2, 0.25) is 0 Å². The Morgan fingerprint density at radius 2 is 1.96 bits per heavy atom. The van der Waals surface area contributed by atoms with Crippen LogP contribution in [-0.2, 0) is 13.6 Å². The Hall–Kier alpha value is -3.51. The lowest BCUT2D eigenvalue weighted by Crippen LogP contribution is -2.35. The predicted molar refractivity (Wildman–Crippen MR) is 86.8 cm³/mol. The predicted octanol–water partition coefficient (Wildman–Crippen LogP) is 0.456. The van der Waals surface area contributed by atoms with E-state index in [4.69, 9.17) is 6.42 Å². The van der Waals surface area contributed by atoms with Crippen molar-refractivity contribution in [2.24, 2.45) is 7.05 Å². The molecule has 0 aliphatic rings. The number of aryl methyl sites for hydroxylation is 1. The van der Waals surface area contributed by atoms with Gasteiger partial charge in [0.2, 0.25) is 0 Å². The standard InChI is InChI=1S/C17H12N4O2/c1-3-11-21-16(22)14-15(19-17(21)23)18-13(20(14)2)10-9-12-7-5-4-6-8-12/h1,4-8H,11H2,2H3,(H,19,23). The van der Waals surface area contributed by atoms with Crippen molar-refractivity contribution in [3.05, 3.63) is 62.6 Å². The minimum absolute atomic E-state index is 0.0969.